The van der Waals surface area contributed by atoms with Crippen molar-refractivity contribution >= 4 is 11.7 Å². The SMILES string of the molecule is N=C(N)c1cc(-c2cccnc2[C@H](Cc2cc(F)cc(F)c2)NC(=O)Cn2nc3c(c2C(F)(F)F)COC3)ccc1F. The molecule has 42 heavy (non-hydrogen) atoms. The molecule has 0 unspecified atom stereocenters. The van der Waals surface area contributed by atoms with E-state index in [9.17, 15) is 31.1 Å². The predicted octanol–water partition coefficient (Wildman–Crippen LogP) is 4.80. The Balaban J connectivity index is 1.53. The highest BCUT2D eigenvalue weighted by Crippen LogP contribution is 2.36. The lowest BCUT2D eigenvalue weighted by Gasteiger charge is -2.22. The van der Waals surface area contributed by atoms with Gasteiger partial charge in [0, 0.05) is 23.4 Å². The minimum Gasteiger partial charge on any atom is -0.384 e. The molecule has 0 fully saturated rings. The van der Waals surface area contributed by atoms with Crippen LogP contribution in [-0.4, -0.2) is 26.5 Å². The van der Waals surface area contributed by atoms with Crippen molar-refractivity contribution in [3.63, 3.8) is 0 Å². The Morgan fingerprint density at radius 1 is 1.10 bits per heavy atom. The Morgan fingerprint density at radius 3 is 2.52 bits per heavy atom. The molecule has 218 valence electrons. The number of nitrogens with two attached hydrogens (primary N) is 1. The number of halogens is 6. The number of benzene rings is 2. The second-order valence-corrected chi connectivity index (χ2v) is 9.57. The fourth-order valence-corrected chi connectivity index (χ4v) is 4.89. The number of rotatable bonds is 8. The zero-order chi connectivity index (χ0) is 30.2. The number of nitrogen functional groups attached to an aromatic ring is 1. The van der Waals surface area contributed by atoms with Gasteiger partial charge in [-0.3, -0.25) is 19.9 Å². The fraction of sp³-hybridized carbons (Fsp3) is 0.214. The third-order valence-electron chi connectivity index (χ3n) is 6.61. The first-order valence-electron chi connectivity index (χ1n) is 12.5. The zero-order valence-electron chi connectivity index (χ0n) is 21.6. The molecular formula is C28H22F6N6O2. The first-order chi connectivity index (χ1) is 19.9. The van der Waals surface area contributed by atoms with Gasteiger partial charge in [-0.2, -0.15) is 18.3 Å². The Hall–Kier alpha value is -4.72. The molecule has 3 heterocycles. The number of alkyl halides is 3. The van der Waals surface area contributed by atoms with Crippen LogP contribution in [0.25, 0.3) is 11.1 Å². The molecular weight excluding hydrogens is 566 g/mol. The minimum atomic E-state index is -4.81. The Labute approximate surface area is 234 Å². The zero-order valence-corrected chi connectivity index (χ0v) is 21.6. The molecule has 1 aliphatic heterocycles. The summed E-state index contributed by atoms with van der Waals surface area (Å²) >= 11 is 0. The van der Waals surface area contributed by atoms with E-state index in [4.69, 9.17) is 15.9 Å². The van der Waals surface area contributed by atoms with Crippen molar-refractivity contribution in [1.82, 2.24) is 20.1 Å². The molecule has 1 atom stereocenters. The summed E-state index contributed by atoms with van der Waals surface area (Å²) in [6.45, 7) is -1.24. The van der Waals surface area contributed by atoms with E-state index in [1.807, 2.05) is 0 Å². The first-order valence-corrected chi connectivity index (χ1v) is 12.5. The summed E-state index contributed by atoms with van der Waals surface area (Å²) in [6.07, 6.45) is -3.63. The maximum absolute atomic E-state index is 14.3. The molecule has 0 bridgehead atoms. The van der Waals surface area contributed by atoms with Crippen molar-refractivity contribution < 1.29 is 35.9 Å². The van der Waals surface area contributed by atoms with E-state index in [-0.39, 0.29) is 47.7 Å². The van der Waals surface area contributed by atoms with Crippen LogP contribution in [0.2, 0.25) is 0 Å². The minimum absolute atomic E-state index is 0.0755. The third-order valence-corrected chi connectivity index (χ3v) is 6.61. The molecule has 0 saturated heterocycles. The van der Waals surface area contributed by atoms with E-state index in [0.29, 0.717) is 21.9 Å². The van der Waals surface area contributed by atoms with Crippen molar-refractivity contribution in [1.29, 1.82) is 5.41 Å². The Kier molecular flexibility index (Phi) is 7.73. The highest BCUT2D eigenvalue weighted by molar-refractivity contribution is 5.96. The third kappa shape index (κ3) is 5.98. The van der Waals surface area contributed by atoms with Crippen LogP contribution in [0.5, 0.6) is 0 Å². The number of pyridine rings is 1. The van der Waals surface area contributed by atoms with Crippen LogP contribution in [0.15, 0.2) is 54.7 Å². The maximum atomic E-state index is 14.3. The number of hydrogen-bond donors (Lipinski definition) is 3. The van der Waals surface area contributed by atoms with E-state index in [1.165, 1.54) is 18.3 Å². The molecule has 14 heteroatoms. The van der Waals surface area contributed by atoms with Crippen LogP contribution in [-0.2, 0) is 41.9 Å². The number of aromatic nitrogens is 3. The molecule has 4 aromatic rings. The molecule has 0 aliphatic carbocycles. The maximum Gasteiger partial charge on any atom is 0.433 e. The van der Waals surface area contributed by atoms with Crippen LogP contribution in [0.3, 0.4) is 0 Å². The van der Waals surface area contributed by atoms with Gasteiger partial charge in [-0.05, 0) is 47.9 Å². The molecule has 1 aliphatic rings. The number of carbonyl (C=O) groups is 1. The monoisotopic (exact) mass is 588 g/mol. The fourth-order valence-electron chi connectivity index (χ4n) is 4.89. The van der Waals surface area contributed by atoms with Crippen molar-refractivity contribution in [2.24, 2.45) is 5.73 Å². The lowest BCUT2D eigenvalue weighted by atomic mass is 9.94. The van der Waals surface area contributed by atoms with Crippen LogP contribution in [0.4, 0.5) is 26.3 Å². The number of amides is 1. The molecule has 8 nitrogen and oxygen atoms in total. The molecule has 2 aromatic carbocycles. The summed E-state index contributed by atoms with van der Waals surface area (Å²) in [4.78, 5) is 17.6. The average molecular weight is 589 g/mol. The van der Waals surface area contributed by atoms with Crippen LogP contribution >= 0.6 is 0 Å². The van der Waals surface area contributed by atoms with Gasteiger partial charge in [0.2, 0.25) is 5.91 Å². The second-order valence-electron chi connectivity index (χ2n) is 9.57. The average Bonchev–Trinajstić information content (AvgIpc) is 3.48. The predicted molar refractivity (Wildman–Crippen MR) is 137 cm³/mol. The van der Waals surface area contributed by atoms with Gasteiger partial charge in [0.15, 0.2) is 0 Å². The van der Waals surface area contributed by atoms with Crippen LogP contribution in [0.1, 0.15) is 39.8 Å². The quantitative estimate of drug-likeness (QED) is 0.155. The standard InChI is InChI=1S/C28H22F6N6O2/c29-16-6-14(7-17(30)10-16)8-22(25-18(2-1-5-37-25)15-3-4-21(31)19(9-15)27(35)36)38-24(41)11-40-26(28(32,33)34)20-12-42-13-23(20)39-40/h1-7,9-10,22H,8,11-13H2,(H3,35,36)(H,38,41)/t22-/m0/s1. The summed E-state index contributed by atoms with van der Waals surface area (Å²) in [6, 6.07) is 8.60. The number of ether oxygens (including phenoxy) is 1. The molecule has 0 spiro atoms. The van der Waals surface area contributed by atoms with Gasteiger partial charge in [-0.1, -0.05) is 12.1 Å². The number of fused-ring (bicyclic) bond motifs is 1. The topological polar surface area (TPSA) is 119 Å². The molecule has 0 radical (unpaired) electrons. The van der Waals surface area contributed by atoms with Crippen molar-refractivity contribution in [3.8, 4) is 11.1 Å². The second kappa shape index (κ2) is 11.3. The normalized spacial score (nSPS) is 13.6. The summed E-state index contributed by atoms with van der Waals surface area (Å²) in [5.74, 6) is -3.90. The Bertz CT molecular complexity index is 1670. The van der Waals surface area contributed by atoms with Gasteiger partial charge < -0.3 is 15.8 Å². The molecule has 2 aromatic heterocycles. The number of amidine groups is 1. The summed E-state index contributed by atoms with van der Waals surface area (Å²) < 4.78 is 89.5. The summed E-state index contributed by atoms with van der Waals surface area (Å²) in [5.41, 5.74) is 5.15. The number of carbonyl (C=O) groups excluding carboxylic acids is 1. The number of hydrogen-bond acceptors (Lipinski definition) is 5. The Morgan fingerprint density at radius 2 is 1.83 bits per heavy atom. The lowest BCUT2D eigenvalue weighted by Crippen LogP contribution is -2.35. The van der Waals surface area contributed by atoms with Crippen molar-refractivity contribution in [3.05, 3.63) is 106 Å². The highest BCUT2D eigenvalue weighted by Gasteiger charge is 2.41. The van der Waals surface area contributed by atoms with Gasteiger partial charge >= 0.3 is 6.18 Å². The van der Waals surface area contributed by atoms with Crippen molar-refractivity contribution in [2.45, 2.75) is 38.4 Å². The molecule has 1 amide bonds. The molecule has 0 saturated carbocycles. The number of nitrogens with one attached hydrogen (secondary N) is 2. The van der Waals surface area contributed by atoms with Gasteiger partial charge in [0.1, 0.15) is 35.5 Å². The van der Waals surface area contributed by atoms with Gasteiger partial charge in [-0.25, -0.2) is 13.2 Å². The smallest absolute Gasteiger partial charge is 0.384 e. The van der Waals surface area contributed by atoms with E-state index in [0.717, 1.165) is 18.2 Å². The number of nitrogens with zero attached hydrogens (tertiary/aromatic N) is 3. The highest BCUT2D eigenvalue weighted by atomic mass is 19.4. The van der Waals surface area contributed by atoms with Gasteiger partial charge in [0.05, 0.1) is 36.2 Å². The van der Waals surface area contributed by atoms with Gasteiger partial charge in [-0.15, -0.1) is 0 Å². The van der Waals surface area contributed by atoms with E-state index >= 15 is 0 Å². The summed E-state index contributed by atoms with van der Waals surface area (Å²) in [7, 11) is 0. The van der Waals surface area contributed by atoms with E-state index in [1.54, 1.807) is 12.1 Å². The van der Waals surface area contributed by atoms with E-state index in [2.05, 4.69) is 15.4 Å². The van der Waals surface area contributed by atoms with Gasteiger partial charge in [0.25, 0.3) is 0 Å². The van der Waals surface area contributed by atoms with E-state index < -0.39 is 53.7 Å². The molecule has 4 N–H and O–H groups in total. The summed E-state index contributed by atoms with van der Waals surface area (Å²) in [5, 5.41) is 14.2. The lowest BCUT2D eigenvalue weighted by molar-refractivity contribution is -0.146. The largest absolute Gasteiger partial charge is 0.433 e. The van der Waals surface area contributed by atoms with Crippen LogP contribution in [0, 0.1) is 22.9 Å². The molecule has 5 rings (SSSR count). The first kappa shape index (κ1) is 28.8. The van der Waals surface area contributed by atoms with Crippen molar-refractivity contribution in [2.75, 3.05) is 0 Å². The van der Waals surface area contributed by atoms with Crippen LogP contribution < -0.4 is 11.1 Å².